The maximum Gasteiger partial charge on any atom is 0.416 e. The van der Waals surface area contributed by atoms with E-state index in [1.165, 1.54) is 70.1 Å². The van der Waals surface area contributed by atoms with Gasteiger partial charge in [-0.25, -0.2) is 0 Å². The fraction of sp³-hybridized carbons (Fsp3) is 0.245. The van der Waals surface area contributed by atoms with Gasteiger partial charge >= 0.3 is 6.18 Å². The third-order valence-corrected chi connectivity index (χ3v) is 13.9. The van der Waals surface area contributed by atoms with Gasteiger partial charge in [0.15, 0.2) is 5.60 Å². The maximum atomic E-state index is 14.1. The Hall–Kier alpha value is -5.81. The molecule has 2 aliphatic heterocycles. The van der Waals surface area contributed by atoms with E-state index in [1.807, 2.05) is 26.0 Å². The Labute approximate surface area is 337 Å². The van der Waals surface area contributed by atoms with E-state index in [9.17, 15) is 13.2 Å². The Morgan fingerprint density at radius 1 is 0.586 bits per heavy atom. The van der Waals surface area contributed by atoms with Crippen LogP contribution in [-0.2, 0) is 22.6 Å². The van der Waals surface area contributed by atoms with Gasteiger partial charge in [-0.2, -0.15) is 13.2 Å². The molecule has 2 nitrogen and oxygen atoms in total. The van der Waals surface area contributed by atoms with Crippen LogP contribution < -0.4 is 9.64 Å². The third-order valence-electron chi connectivity index (χ3n) is 13.9. The lowest BCUT2D eigenvalue weighted by molar-refractivity contribution is -0.137. The second-order valence-electron chi connectivity index (χ2n) is 17.8. The number of hydrogen-bond acceptors (Lipinski definition) is 2. The summed E-state index contributed by atoms with van der Waals surface area (Å²) in [5.74, 6) is 0.753. The molecule has 0 radical (unpaired) electrons. The largest absolute Gasteiger partial charge is 0.472 e. The van der Waals surface area contributed by atoms with Crippen LogP contribution >= 0.6 is 0 Å². The molecule has 11 rings (SSSR count). The Morgan fingerprint density at radius 2 is 1.24 bits per heavy atom. The predicted molar refractivity (Wildman–Crippen MR) is 231 cm³/mol. The van der Waals surface area contributed by atoms with Crippen molar-refractivity contribution in [1.29, 1.82) is 0 Å². The number of alkyl halides is 3. The molecule has 5 heteroatoms. The summed E-state index contributed by atoms with van der Waals surface area (Å²) in [6, 6.07) is 41.5. The number of benzene rings is 7. The zero-order valence-electron chi connectivity index (χ0n) is 33.2. The van der Waals surface area contributed by atoms with E-state index in [-0.39, 0.29) is 5.41 Å². The van der Waals surface area contributed by atoms with Crippen LogP contribution in [-0.4, -0.2) is 13.1 Å². The van der Waals surface area contributed by atoms with E-state index >= 15 is 0 Å². The van der Waals surface area contributed by atoms with Crippen LogP contribution in [0.2, 0.25) is 0 Å². The molecule has 4 aliphatic rings. The molecular weight excluding hydrogens is 724 g/mol. The fourth-order valence-electron chi connectivity index (χ4n) is 10.9. The lowest BCUT2D eigenvalue weighted by atomic mass is 9.75. The predicted octanol–water partition coefficient (Wildman–Crippen LogP) is 14.0. The number of anilines is 1. The van der Waals surface area contributed by atoms with Crippen molar-refractivity contribution in [2.24, 2.45) is 0 Å². The summed E-state index contributed by atoms with van der Waals surface area (Å²) in [6.07, 6.45) is 3.63. The summed E-state index contributed by atoms with van der Waals surface area (Å²) < 4.78 is 50.1. The number of piperidine rings is 1. The maximum absolute atomic E-state index is 14.1. The van der Waals surface area contributed by atoms with Gasteiger partial charge in [0.25, 0.3) is 0 Å². The minimum Gasteiger partial charge on any atom is -0.472 e. The number of hydrogen-bond donors (Lipinski definition) is 0. The second-order valence-corrected chi connectivity index (χ2v) is 17.8. The highest BCUT2D eigenvalue weighted by molar-refractivity contribution is 6.08. The van der Waals surface area contributed by atoms with E-state index in [0.717, 1.165) is 63.0 Å². The van der Waals surface area contributed by atoms with Crippen molar-refractivity contribution < 1.29 is 17.9 Å². The van der Waals surface area contributed by atoms with E-state index in [2.05, 4.69) is 122 Å². The molecule has 2 heterocycles. The zero-order chi connectivity index (χ0) is 39.8. The van der Waals surface area contributed by atoms with Crippen molar-refractivity contribution in [2.75, 3.05) is 18.0 Å². The summed E-state index contributed by atoms with van der Waals surface area (Å²) in [6.45, 7) is 10.9. The van der Waals surface area contributed by atoms with Gasteiger partial charge in [-0.15, -0.1) is 0 Å². The molecule has 7 aromatic carbocycles. The van der Waals surface area contributed by atoms with Gasteiger partial charge in [0.2, 0.25) is 0 Å². The van der Waals surface area contributed by atoms with Crippen molar-refractivity contribution in [1.82, 2.24) is 0 Å². The van der Waals surface area contributed by atoms with Gasteiger partial charge in [0.05, 0.1) is 5.56 Å². The number of nitrogens with zero attached hydrogens (tertiary/aromatic N) is 1. The van der Waals surface area contributed by atoms with Crippen molar-refractivity contribution in [3.05, 3.63) is 172 Å². The van der Waals surface area contributed by atoms with Gasteiger partial charge in [-0.05, 0) is 116 Å². The van der Waals surface area contributed by atoms with Crippen molar-refractivity contribution >= 4 is 33.3 Å². The van der Waals surface area contributed by atoms with Crippen molar-refractivity contribution in [3.8, 4) is 28.0 Å². The monoisotopic (exact) mass is 767 g/mol. The number of fused-ring (bicyclic) bond motifs is 13. The van der Waals surface area contributed by atoms with Crippen LogP contribution in [0.1, 0.15) is 91.5 Å². The van der Waals surface area contributed by atoms with E-state index < -0.39 is 22.8 Å². The molecule has 0 spiro atoms. The Morgan fingerprint density at radius 3 is 2.00 bits per heavy atom. The third kappa shape index (κ3) is 4.85. The highest BCUT2D eigenvalue weighted by Crippen LogP contribution is 2.59. The van der Waals surface area contributed by atoms with Gasteiger partial charge in [-0.3, -0.25) is 0 Å². The van der Waals surface area contributed by atoms with Crippen molar-refractivity contribution in [2.45, 2.75) is 69.6 Å². The highest BCUT2D eigenvalue weighted by atomic mass is 19.4. The van der Waals surface area contributed by atoms with Gasteiger partial charge in [0.1, 0.15) is 5.75 Å². The molecule has 7 aromatic rings. The molecule has 58 heavy (non-hydrogen) atoms. The molecule has 0 bridgehead atoms. The molecule has 0 aromatic heterocycles. The molecule has 0 N–H and O–H groups in total. The van der Waals surface area contributed by atoms with Gasteiger partial charge in [-0.1, -0.05) is 125 Å². The highest BCUT2D eigenvalue weighted by Gasteiger charge is 2.46. The van der Waals surface area contributed by atoms with Crippen LogP contribution in [0.3, 0.4) is 0 Å². The molecule has 288 valence electrons. The summed E-state index contributed by atoms with van der Waals surface area (Å²) in [7, 11) is 0. The summed E-state index contributed by atoms with van der Waals surface area (Å²) in [5, 5.41) is 4.41. The molecule has 0 saturated carbocycles. The first-order chi connectivity index (χ1) is 27.9. The normalized spacial score (nSPS) is 19.7. The SMILES string of the molecule is CC1(C)c2cc(C3(c4ccc(N5CCCCC5)cc4)C=Cc4c5c(c6ccccc6c4O3)-c3ccc(C(F)(F)F)cc3C5(C)C)ccc2-c2c1ccc1ccccc21. The minimum atomic E-state index is -4.44. The fourth-order valence-corrected chi connectivity index (χ4v) is 10.9. The zero-order valence-corrected chi connectivity index (χ0v) is 33.2. The number of rotatable bonds is 3. The first-order valence-corrected chi connectivity index (χ1v) is 20.6. The lowest BCUT2D eigenvalue weighted by Crippen LogP contribution is -2.35. The van der Waals surface area contributed by atoms with Crippen LogP contribution in [0.4, 0.5) is 18.9 Å². The molecular formula is C53H44F3NO. The van der Waals surface area contributed by atoms with E-state index in [0.29, 0.717) is 5.56 Å². The van der Waals surface area contributed by atoms with E-state index in [1.54, 1.807) is 6.07 Å². The van der Waals surface area contributed by atoms with Crippen LogP contribution in [0.25, 0.3) is 49.9 Å². The summed E-state index contributed by atoms with van der Waals surface area (Å²) >= 11 is 0. The number of halogens is 3. The first-order valence-electron chi connectivity index (χ1n) is 20.6. The molecule has 1 fully saturated rings. The van der Waals surface area contributed by atoms with Gasteiger partial charge < -0.3 is 9.64 Å². The molecule has 2 aliphatic carbocycles. The van der Waals surface area contributed by atoms with Crippen molar-refractivity contribution in [3.63, 3.8) is 0 Å². The van der Waals surface area contributed by atoms with E-state index in [4.69, 9.17) is 4.74 Å². The molecule has 1 atom stereocenters. The minimum absolute atomic E-state index is 0.251. The average Bonchev–Trinajstić information content (AvgIpc) is 3.63. The molecule has 0 amide bonds. The second kappa shape index (κ2) is 12.1. The number of ether oxygens (including phenoxy) is 1. The molecule has 1 unspecified atom stereocenters. The van der Waals surface area contributed by atoms with Gasteiger partial charge in [0, 0.05) is 51.7 Å². The quantitative estimate of drug-likeness (QED) is 0.178. The Kier molecular flexibility index (Phi) is 7.38. The topological polar surface area (TPSA) is 12.5 Å². The Balaban J connectivity index is 1.13. The summed E-state index contributed by atoms with van der Waals surface area (Å²) in [4.78, 5) is 2.48. The molecule has 1 saturated heterocycles. The summed E-state index contributed by atoms with van der Waals surface area (Å²) in [5.41, 5.74) is 10.3. The van der Waals surface area contributed by atoms with Crippen LogP contribution in [0.5, 0.6) is 5.75 Å². The smallest absolute Gasteiger partial charge is 0.416 e. The van der Waals surface area contributed by atoms with Crippen LogP contribution in [0, 0.1) is 0 Å². The Bertz CT molecular complexity index is 2890. The lowest BCUT2D eigenvalue weighted by Gasteiger charge is -2.39. The standard InChI is InChI=1S/C53H44F3NO/c1-50(2)43-25-16-32-12-6-7-13-37(32)46(43)40-23-19-34(30-44(40)50)52(33-17-21-36(22-18-33)57-28-10-5-11-29-57)27-26-42-48-47(38-14-8-9-15-39(38)49(42)58-52)41-24-20-35(53(54,55)56)31-45(41)51(48,3)4/h6-9,12-27,30-31H,5,10-11,28-29H2,1-4H3. The van der Waals surface area contributed by atoms with Crippen LogP contribution in [0.15, 0.2) is 127 Å². The first kappa shape index (κ1) is 35.4. The average molecular weight is 768 g/mol.